The van der Waals surface area contributed by atoms with E-state index in [1.165, 1.54) is 11.0 Å². The number of fused-ring (bicyclic) bond motifs is 4. The molecule has 2 heterocycles. The molecule has 0 saturated carbocycles. The number of aromatic nitrogens is 1. The Morgan fingerprint density at radius 1 is 0.727 bits per heavy atom. The number of phenols is 1. The number of nitrogens with one attached hydrogen (secondary N) is 1. The Hall–Kier alpha value is -8.06. The second-order valence-electron chi connectivity index (χ2n) is 15.6. The molecular formula is C60H56N4O2. The fraction of sp³-hybridized carbons (Fsp3) is 0.100. The van der Waals surface area contributed by atoms with E-state index in [1.54, 1.807) is 6.07 Å². The first-order valence-corrected chi connectivity index (χ1v) is 22.2. The molecule has 9 rings (SSSR count). The summed E-state index contributed by atoms with van der Waals surface area (Å²) in [5.74, 6) is 0.237. The van der Waals surface area contributed by atoms with Crippen LogP contribution in [0.5, 0.6) is 5.75 Å². The first-order chi connectivity index (χ1) is 32.5. The third kappa shape index (κ3) is 9.85. The maximum Gasteiger partial charge on any atom is 0.136 e. The van der Waals surface area contributed by atoms with Gasteiger partial charge < -0.3 is 25.2 Å². The number of phenolic OH excluding ortho intramolecular Hbond substituents is 1. The van der Waals surface area contributed by atoms with Gasteiger partial charge in [-0.3, -0.25) is 4.99 Å². The van der Waals surface area contributed by atoms with Crippen molar-refractivity contribution in [2.24, 2.45) is 10.7 Å². The van der Waals surface area contributed by atoms with Gasteiger partial charge in [-0.05, 0) is 121 Å². The largest absolute Gasteiger partial charge is 0.507 e. The number of aliphatic imine (C=N–C) groups is 1. The van der Waals surface area contributed by atoms with Crippen molar-refractivity contribution < 1.29 is 9.52 Å². The first kappa shape index (κ1) is 45.9. The summed E-state index contributed by atoms with van der Waals surface area (Å²) in [4.78, 5) is 4.97. The number of hydrogen-bond acceptors (Lipinski definition) is 5. The zero-order valence-electron chi connectivity index (χ0n) is 37.9. The Balaban J connectivity index is 0.000000529. The van der Waals surface area contributed by atoms with Crippen LogP contribution in [0.2, 0.25) is 0 Å². The minimum Gasteiger partial charge on any atom is -0.507 e. The van der Waals surface area contributed by atoms with Gasteiger partial charge in [0, 0.05) is 51.3 Å². The average molecular weight is 865 g/mol. The number of aromatic hydroxyl groups is 1. The van der Waals surface area contributed by atoms with Crippen LogP contribution in [-0.4, -0.2) is 29.2 Å². The molecule has 9 aromatic rings. The van der Waals surface area contributed by atoms with E-state index in [9.17, 15) is 5.11 Å². The predicted molar refractivity (Wildman–Crippen MR) is 283 cm³/mol. The summed E-state index contributed by atoms with van der Waals surface area (Å²) in [5.41, 5.74) is 20.7. The Labute approximate surface area is 388 Å². The van der Waals surface area contributed by atoms with Crippen molar-refractivity contribution >= 4 is 57.9 Å². The number of hydrogen-bond donors (Lipinski definition) is 3. The average Bonchev–Trinajstić information content (AvgIpc) is 3.90. The first-order valence-electron chi connectivity index (χ1n) is 22.2. The lowest BCUT2D eigenvalue weighted by molar-refractivity contribution is 0.477. The van der Waals surface area contributed by atoms with Crippen LogP contribution in [0.4, 0.5) is 0 Å². The van der Waals surface area contributed by atoms with E-state index in [2.05, 4.69) is 146 Å². The molecule has 6 nitrogen and oxygen atoms in total. The third-order valence-electron chi connectivity index (χ3n) is 11.4. The van der Waals surface area contributed by atoms with Crippen LogP contribution in [0.3, 0.4) is 0 Å². The summed E-state index contributed by atoms with van der Waals surface area (Å²) < 4.78 is 8.67. The number of rotatable bonds is 12. The highest BCUT2D eigenvalue weighted by molar-refractivity contribution is 6.14. The molecule has 2 aromatic heterocycles. The van der Waals surface area contributed by atoms with Gasteiger partial charge in [0.05, 0.1) is 17.8 Å². The highest BCUT2D eigenvalue weighted by Crippen LogP contribution is 2.42. The van der Waals surface area contributed by atoms with Gasteiger partial charge in [0.25, 0.3) is 0 Å². The minimum absolute atomic E-state index is 0.237. The number of nitrogens with zero attached hydrogens (tertiary/aromatic N) is 2. The number of furan rings is 1. The monoisotopic (exact) mass is 864 g/mol. The molecule has 0 bridgehead atoms. The van der Waals surface area contributed by atoms with Crippen LogP contribution in [0, 0.1) is 5.41 Å². The van der Waals surface area contributed by atoms with Crippen molar-refractivity contribution in [3.63, 3.8) is 0 Å². The molecule has 328 valence electrons. The van der Waals surface area contributed by atoms with Crippen molar-refractivity contribution in [1.82, 2.24) is 4.57 Å². The third-order valence-corrected chi connectivity index (χ3v) is 11.4. The van der Waals surface area contributed by atoms with Crippen molar-refractivity contribution in [1.29, 1.82) is 5.41 Å². The standard InChI is InChI=1S/C51H38N2O2.C8H15N.CH3N/c1-3-14-45-41(4-2)43-22-8-9-24-46(43)53(45)40-21-10-15-34(29-40)32-52-33-39-20-12-26-49-51(39)44-31-37(27-28-48(44)55-49)42-23-13-25-47(54)50(42)38-19-11-18-36(30-38)35-16-6-5-7-17-35;1-3-5-8(7-9)6-4-2;1-2/h3-31,33,54H,2,32H2,1H3;3,5-6H,4,7,9H2,1-2H3;2H,1H2/b14-3-,52-33?;5-3-,8-6+;. The molecule has 6 heteroatoms. The van der Waals surface area contributed by atoms with Gasteiger partial charge in [-0.15, -0.1) is 0 Å². The number of nitrogens with two attached hydrogens (primary N) is 1. The van der Waals surface area contributed by atoms with E-state index >= 15 is 0 Å². The van der Waals surface area contributed by atoms with Crippen LogP contribution in [0.15, 0.2) is 204 Å². The summed E-state index contributed by atoms with van der Waals surface area (Å²) in [6.45, 7) is 13.9. The molecule has 0 aliphatic heterocycles. The summed E-state index contributed by atoms with van der Waals surface area (Å²) in [6.07, 6.45) is 15.4. The molecule has 0 atom stereocenters. The van der Waals surface area contributed by atoms with E-state index in [0.29, 0.717) is 13.1 Å². The van der Waals surface area contributed by atoms with Crippen LogP contribution >= 0.6 is 0 Å². The van der Waals surface area contributed by atoms with Gasteiger partial charge in [0.15, 0.2) is 0 Å². The van der Waals surface area contributed by atoms with Gasteiger partial charge in [0.1, 0.15) is 16.9 Å². The van der Waals surface area contributed by atoms with Crippen molar-refractivity contribution in [2.75, 3.05) is 6.54 Å². The molecule has 0 radical (unpaired) electrons. The maximum atomic E-state index is 11.3. The molecule has 0 unspecified atom stereocenters. The number of para-hydroxylation sites is 1. The fourth-order valence-electron chi connectivity index (χ4n) is 8.54. The van der Waals surface area contributed by atoms with Crippen LogP contribution in [0.25, 0.3) is 84.1 Å². The van der Waals surface area contributed by atoms with Gasteiger partial charge in [-0.2, -0.15) is 0 Å². The number of benzene rings is 7. The molecular weight excluding hydrogens is 809 g/mol. The second kappa shape index (κ2) is 22.0. The Kier molecular flexibility index (Phi) is 15.3. The van der Waals surface area contributed by atoms with Gasteiger partial charge >= 0.3 is 0 Å². The summed E-state index contributed by atoms with van der Waals surface area (Å²) in [6, 6.07) is 53.8. The molecule has 0 fully saturated rings. The highest BCUT2D eigenvalue weighted by Gasteiger charge is 2.17. The molecule has 0 amide bonds. The normalized spacial score (nSPS) is 11.7. The molecule has 0 saturated heterocycles. The van der Waals surface area contributed by atoms with E-state index in [-0.39, 0.29) is 5.75 Å². The van der Waals surface area contributed by atoms with Gasteiger partial charge in [0.2, 0.25) is 0 Å². The predicted octanol–water partition coefficient (Wildman–Crippen LogP) is 15.7. The van der Waals surface area contributed by atoms with E-state index in [0.717, 1.165) is 95.3 Å². The lowest BCUT2D eigenvalue weighted by Crippen LogP contribution is -2.00. The van der Waals surface area contributed by atoms with Crippen molar-refractivity contribution in [3.8, 4) is 44.8 Å². The molecule has 4 N–H and O–H groups in total. The van der Waals surface area contributed by atoms with Gasteiger partial charge in [-0.1, -0.05) is 153 Å². The summed E-state index contributed by atoms with van der Waals surface area (Å²) in [7, 11) is 0. The number of allylic oxidation sites excluding steroid dienone is 3. The maximum absolute atomic E-state index is 11.3. The molecule has 0 aliphatic carbocycles. The van der Waals surface area contributed by atoms with E-state index in [4.69, 9.17) is 20.6 Å². The lowest BCUT2D eigenvalue weighted by atomic mass is 9.91. The van der Waals surface area contributed by atoms with Crippen molar-refractivity contribution in [3.05, 3.63) is 217 Å². The summed E-state index contributed by atoms with van der Waals surface area (Å²) in [5, 5.41) is 20.0. The van der Waals surface area contributed by atoms with Crippen LogP contribution in [-0.2, 0) is 6.54 Å². The molecule has 0 aliphatic rings. The highest BCUT2D eigenvalue weighted by atomic mass is 16.3. The molecule has 66 heavy (non-hydrogen) atoms. The minimum atomic E-state index is 0.237. The fourth-order valence-corrected chi connectivity index (χ4v) is 8.54. The summed E-state index contributed by atoms with van der Waals surface area (Å²) >= 11 is 0. The van der Waals surface area contributed by atoms with Crippen molar-refractivity contribution in [2.45, 2.75) is 33.7 Å². The smallest absolute Gasteiger partial charge is 0.136 e. The van der Waals surface area contributed by atoms with Crippen LogP contribution < -0.4 is 5.73 Å². The molecule has 7 aromatic carbocycles. The van der Waals surface area contributed by atoms with E-state index < -0.39 is 0 Å². The quantitative estimate of drug-likeness (QED) is 0.0842. The Morgan fingerprint density at radius 2 is 1.47 bits per heavy atom. The Bertz CT molecular complexity index is 3240. The second-order valence-corrected chi connectivity index (χ2v) is 15.6. The topological polar surface area (TPSA) is 101 Å². The SMILES string of the molecule is C/C=C\C(=C/CC)CN.C=Cc1c(/C=C\C)n(-c2cccc(CN=Cc3cccc4oc5ccc(-c6cccc(O)c6-c6cccc(-c7ccccc7)c6)cc5c34)c2)c2ccccc12.C=N. The molecule has 0 spiro atoms. The van der Waals surface area contributed by atoms with E-state index in [1.807, 2.05) is 86.8 Å². The Morgan fingerprint density at radius 3 is 2.24 bits per heavy atom. The zero-order valence-corrected chi connectivity index (χ0v) is 37.9. The zero-order chi connectivity index (χ0) is 46.4. The van der Waals surface area contributed by atoms with Gasteiger partial charge in [-0.25, -0.2) is 0 Å². The lowest BCUT2D eigenvalue weighted by Gasteiger charge is -2.14. The van der Waals surface area contributed by atoms with Crippen LogP contribution in [0.1, 0.15) is 49.6 Å².